The predicted molar refractivity (Wildman–Crippen MR) is 44.2 cm³/mol. The molecule has 2 heterocycles. The van der Waals surface area contributed by atoms with Gasteiger partial charge in [-0.25, -0.2) is 4.98 Å². The van der Waals surface area contributed by atoms with Gasteiger partial charge in [-0.1, -0.05) is 6.42 Å². The first-order chi connectivity index (χ1) is 5.36. The number of anilines is 1. The maximum absolute atomic E-state index is 5.58. The summed E-state index contributed by atoms with van der Waals surface area (Å²) in [6, 6.07) is 0. The largest absolute Gasteiger partial charge is 0.382 e. The van der Waals surface area contributed by atoms with Crippen LogP contribution in [-0.2, 0) is 13.0 Å². The van der Waals surface area contributed by atoms with Crippen LogP contribution < -0.4 is 5.73 Å². The highest BCUT2D eigenvalue weighted by molar-refractivity contribution is 5.26. The van der Waals surface area contributed by atoms with Gasteiger partial charge in [0.05, 0.1) is 0 Å². The van der Waals surface area contributed by atoms with Gasteiger partial charge in [0, 0.05) is 19.2 Å². The van der Waals surface area contributed by atoms with Gasteiger partial charge in [-0.05, 0) is 12.8 Å². The monoisotopic (exact) mass is 151 g/mol. The number of hydrogen-bond donors (Lipinski definition) is 1. The summed E-state index contributed by atoms with van der Waals surface area (Å²) in [5.41, 5.74) is 5.58. The van der Waals surface area contributed by atoms with Crippen molar-refractivity contribution in [2.24, 2.45) is 0 Å². The van der Waals surface area contributed by atoms with Crippen LogP contribution in [0.2, 0.25) is 0 Å². The fourth-order valence-corrected chi connectivity index (χ4v) is 1.61. The van der Waals surface area contributed by atoms with Crippen molar-refractivity contribution in [1.82, 2.24) is 9.55 Å². The van der Waals surface area contributed by atoms with Gasteiger partial charge in [-0.15, -0.1) is 0 Å². The van der Waals surface area contributed by atoms with E-state index in [4.69, 9.17) is 5.73 Å². The van der Waals surface area contributed by atoms with E-state index >= 15 is 0 Å². The van der Waals surface area contributed by atoms with Gasteiger partial charge in [-0.3, -0.25) is 0 Å². The number of nitrogen functional groups attached to an aromatic ring is 1. The van der Waals surface area contributed by atoms with Gasteiger partial charge < -0.3 is 10.3 Å². The molecule has 60 valence electrons. The Hall–Kier alpha value is -0.990. The first kappa shape index (κ1) is 6.70. The zero-order valence-electron chi connectivity index (χ0n) is 6.58. The number of imidazole rings is 1. The van der Waals surface area contributed by atoms with Crippen LogP contribution in [0.1, 0.15) is 25.1 Å². The summed E-state index contributed by atoms with van der Waals surface area (Å²) in [5.74, 6) is 1.84. The van der Waals surface area contributed by atoms with E-state index in [1.54, 1.807) is 0 Å². The quantitative estimate of drug-likeness (QED) is 0.605. The fourth-order valence-electron chi connectivity index (χ4n) is 1.61. The summed E-state index contributed by atoms with van der Waals surface area (Å²) in [7, 11) is 0. The van der Waals surface area contributed by atoms with E-state index in [9.17, 15) is 0 Å². The van der Waals surface area contributed by atoms with E-state index in [0.29, 0.717) is 5.82 Å². The minimum Gasteiger partial charge on any atom is -0.382 e. The van der Waals surface area contributed by atoms with Crippen LogP contribution in [0, 0.1) is 0 Å². The molecule has 0 saturated heterocycles. The molecule has 1 aliphatic heterocycles. The van der Waals surface area contributed by atoms with Crippen LogP contribution in [0.15, 0.2) is 6.20 Å². The summed E-state index contributed by atoms with van der Waals surface area (Å²) >= 11 is 0. The van der Waals surface area contributed by atoms with Crippen LogP contribution in [0.25, 0.3) is 0 Å². The number of hydrogen-bond acceptors (Lipinski definition) is 2. The summed E-state index contributed by atoms with van der Waals surface area (Å²) in [5, 5.41) is 0. The predicted octanol–water partition coefficient (Wildman–Crippen LogP) is 1.19. The van der Waals surface area contributed by atoms with Gasteiger partial charge in [0.25, 0.3) is 0 Å². The minimum absolute atomic E-state index is 0.668. The fraction of sp³-hybridized carbons (Fsp3) is 0.625. The van der Waals surface area contributed by atoms with Crippen molar-refractivity contribution in [2.45, 2.75) is 32.2 Å². The molecule has 2 rings (SSSR count). The van der Waals surface area contributed by atoms with Crippen LogP contribution in [0.3, 0.4) is 0 Å². The van der Waals surface area contributed by atoms with Gasteiger partial charge >= 0.3 is 0 Å². The van der Waals surface area contributed by atoms with Gasteiger partial charge in [0.2, 0.25) is 0 Å². The molecule has 3 nitrogen and oxygen atoms in total. The second kappa shape index (κ2) is 2.57. The molecule has 1 aromatic heterocycles. The number of aromatic nitrogens is 2. The molecule has 0 spiro atoms. The Morgan fingerprint density at radius 3 is 3.18 bits per heavy atom. The highest BCUT2D eigenvalue weighted by atomic mass is 15.1. The van der Waals surface area contributed by atoms with Crippen molar-refractivity contribution in [3.05, 3.63) is 12.0 Å². The molecule has 0 unspecified atom stereocenters. The van der Waals surface area contributed by atoms with Crippen LogP contribution >= 0.6 is 0 Å². The van der Waals surface area contributed by atoms with Crippen LogP contribution in [0.4, 0.5) is 5.82 Å². The number of nitrogens with two attached hydrogens (primary N) is 1. The van der Waals surface area contributed by atoms with Crippen molar-refractivity contribution in [3.8, 4) is 0 Å². The third-order valence-corrected chi connectivity index (χ3v) is 2.18. The van der Waals surface area contributed by atoms with Crippen molar-refractivity contribution in [2.75, 3.05) is 5.73 Å². The lowest BCUT2D eigenvalue weighted by atomic mass is 10.2. The molecule has 3 heteroatoms. The lowest BCUT2D eigenvalue weighted by Crippen LogP contribution is -1.98. The third kappa shape index (κ3) is 1.23. The maximum Gasteiger partial charge on any atom is 0.141 e. The average molecular weight is 151 g/mol. The highest BCUT2D eigenvalue weighted by Gasteiger charge is 2.08. The Morgan fingerprint density at radius 1 is 1.36 bits per heavy atom. The molecule has 0 amide bonds. The van der Waals surface area contributed by atoms with Crippen LogP contribution in [0.5, 0.6) is 0 Å². The Balaban J connectivity index is 2.32. The first-order valence-electron chi connectivity index (χ1n) is 4.18. The Bertz CT molecular complexity index is 228. The Labute approximate surface area is 66.2 Å². The second-order valence-corrected chi connectivity index (χ2v) is 3.09. The second-order valence-electron chi connectivity index (χ2n) is 3.09. The standard InChI is InChI=1S/C8H13N3/c9-7-6-11-5-3-1-2-4-8(11)10-7/h6H,1-5,9H2. The molecule has 0 bridgehead atoms. The van der Waals surface area contributed by atoms with Gasteiger partial charge in [-0.2, -0.15) is 0 Å². The van der Waals surface area contributed by atoms with E-state index in [-0.39, 0.29) is 0 Å². The lowest BCUT2D eigenvalue weighted by molar-refractivity contribution is 0.635. The number of rotatable bonds is 0. The van der Waals surface area contributed by atoms with Crippen molar-refractivity contribution >= 4 is 5.82 Å². The minimum atomic E-state index is 0.668. The molecule has 1 aliphatic rings. The zero-order valence-corrected chi connectivity index (χ0v) is 6.58. The molecule has 0 atom stereocenters. The molecule has 11 heavy (non-hydrogen) atoms. The summed E-state index contributed by atoms with van der Waals surface area (Å²) in [6.45, 7) is 1.10. The molecule has 1 aromatic rings. The molecule has 2 N–H and O–H groups in total. The van der Waals surface area contributed by atoms with E-state index < -0.39 is 0 Å². The van der Waals surface area contributed by atoms with Crippen molar-refractivity contribution < 1.29 is 0 Å². The lowest BCUT2D eigenvalue weighted by Gasteiger charge is -1.98. The summed E-state index contributed by atoms with van der Waals surface area (Å²) < 4.78 is 2.18. The molecule has 0 fully saturated rings. The maximum atomic E-state index is 5.58. The van der Waals surface area contributed by atoms with Gasteiger partial charge in [0.15, 0.2) is 0 Å². The smallest absolute Gasteiger partial charge is 0.141 e. The summed E-state index contributed by atoms with van der Waals surface area (Å²) in [4.78, 5) is 4.25. The molecular weight excluding hydrogens is 138 g/mol. The highest BCUT2D eigenvalue weighted by Crippen LogP contribution is 2.14. The topological polar surface area (TPSA) is 43.8 Å². The normalized spacial score (nSPS) is 17.5. The number of nitrogens with zero attached hydrogens (tertiary/aromatic N) is 2. The van der Waals surface area contributed by atoms with E-state index in [2.05, 4.69) is 9.55 Å². The third-order valence-electron chi connectivity index (χ3n) is 2.18. The van der Waals surface area contributed by atoms with Crippen molar-refractivity contribution in [3.63, 3.8) is 0 Å². The summed E-state index contributed by atoms with van der Waals surface area (Å²) in [6.07, 6.45) is 6.89. The number of fused-ring (bicyclic) bond motifs is 1. The van der Waals surface area contributed by atoms with Crippen molar-refractivity contribution in [1.29, 1.82) is 0 Å². The average Bonchev–Trinajstić information content (AvgIpc) is 2.17. The van der Waals surface area contributed by atoms with E-state index in [1.807, 2.05) is 6.20 Å². The zero-order chi connectivity index (χ0) is 7.68. The molecule has 0 saturated carbocycles. The number of aryl methyl sites for hydroxylation is 2. The molecular formula is C8H13N3. The Morgan fingerprint density at radius 2 is 2.27 bits per heavy atom. The van der Waals surface area contributed by atoms with Crippen LogP contribution in [-0.4, -0.2) is 9.55 Å². The SMILES string of the molecule is Nc1cn2c(n1)CCCCC2. The van der Waals surface area contributed by atoms with E-state index in [1.165, 1.54) is 25.1 Å². The Kier molecular flexibility index (Phi) is 1.56. The first-order valence-corrected chi connectivity index (χ1v) is 4.18. The molecule has 0 aliphatic carbocycles. The van der Waals surface area contributed by atoms with E-state index in [0.717, 1.165) is 13.0 Å². The molecule has 0 aromatic carbocycles. The molecule has 0 radical (unpaired) electrons. The van der Waals surface area contributed by atoms with Gasteiger partial charge in [0.1, 0.15) is 11.6 Å².